The van der Waals surface area contributed by atoms with Gasteiger partial charge in [-0.05, 0) is 49.6 Å². The van der Waals surface area contributed by atoms with Crippen molar-refractivity contribution in [2.24, 2.45) is 0 Å². The molecule has 2 aliphatic rings. The number of pyridine rings is 1. The van der Waals surface area contributed by atoms with Gasteiger partial charge in [0.25, 0.3) is 5.91 Å². The van der Waals surface area contributed by atoms with Crippen molar-refractivity contribution in [3.8, 4) is 0 Å². The molecule has 1 N–H and O–H groups in total. The van der Waals surface area contributed by atoms with Gasteiger partial charge in [0, 0.05) is 30.0 Å². The summed E-state index contributed by atoms with van der Waals surface area (Å²) in [4.78, 5) is 14.8. The second-order valence-corrected chi connectivity index (χ2v) is 10.6. The van der Waals surface area contributed by atoms with Gasteiger partial charge in [-0.25, -0.2) is 21.7 Å². The van der Waals surface area contributed by atoms with Crippen molar-refractivity contribution < 1.29 is 22.0 Å². The minimum absolute atomic E-state index is 0.0577. The minimum Gasteiger partial charge on any atom is -0.364 e. The van der Waals surface area contributed by atoms with Gasteiger partial charge in [0.1, 0.15) is 11.6 Å². The summed E-state index contributed by atoms with van der Waals surface area (Å²) in [5, 5.41) is 7.01. The number of nitrogens with zero attached hydrogens (tertiary/aromatic N) is 3. The standard InChI is InChI=1S/C22H22F2N4O3S/c23-14-3-4-19(24)17(10-14)20-2-1-7-27(20)16-5-8-28-21(11-16)18(12-25-28)22(29)26-15-6-9-32(30,31)13-15/h3-5,8,10-12,15,20H,1-2,6-7,9,13H2,(H,26,29). The first kappa shape index (κ1) is 20.9. The number of anilines is 1. The number of benzene rings is 1. The number of carbonyl (C=O) groups is 1. The van der Waals surface area contributed by atoms with Crippen molar-refractivity contribution in [3.63, 3.8) is 0 Å². The molecule has 10 heteroatoms. The van der Waals surface area contributed by atoms with Gasteiger partial charge in [-0.1, -0.05) is 0 Å². The van der Waals surface area contributed by atoms with Crippen molar-refractivity contribution in [1.82, 2.24) is 14.9 Å². The highest BCUT2D eigenvalue weighted by atomic mass is 32.2. The smallest absolute Gasteiger partial charge is 0.255 e. The van der Waals surface area contributed by atoms with E-state index in [0.717, 1.165) is 24.2 Å². The lowest BCUT2D eigenvalue weighted by molar-refractivity contribution is 0.0943. The summed E-state index contributed by atoms with van der Waals surface area (Å²) in [5.41, 5.74) is 1.99. The minimum atomic E-state index is -3.11. The Balaban J connectivity index is 1.44. The van der Waals surface area contributed by atoms with E-state index in [0.29, 0.717) is 36.0 Å². The lowest BCUT2D eigenvalue weighted by atomic mass is 10.0. The summed E-state index contributed by atoms with van der Waals surface area (Å²) < 4.78 is 53.1. The zero-order valence-corrected chi connectivity index (χ0v) is 18.0. The van der Waals surface area contributed by atoms with Crippen molar-refractivity contribution in [3.05, 3.63) is 65.5 Å². The number of nitrogens with one attached hydrogen (secondary N) is 1. The van der Waals surface area contributed by atoms with Gasteiger partial charge in [0.2, 0.25) is 0 Å². The van der Waals surface area contributed by atoms with Crippen molar-refractivity contribution >= 4 is 26.9 Å². The highest BCUT2D eigenvalue weighted by Gasteiger charge is 2.31. The number of halogens is 2. The third kappa shape index (κ3) is 3.83. The predicted octanol–water partition coefficient (Wildman–Crippen LogP) is 2.87. The average Bonchev–Trinajstić information content (AvgIpc) is 3.47. The zero-order chi connectivity index (χ0) is 22.5. The van der Waals surface area contributed by atoms with Gasteiger partial charge >= 0.3 is 0 Å². The highest BCUT2D eigenvalue weighted by Crippen LogP contribution is 2.38. The molecule has 7 nitrogen and oxygen atoms in total. The molecular formula is C22H22F2N4O3S. The maximum Gasteiger partial charge on any atom is 0.255 e. The lowest BCUT2D eigenvalue weighted by Crippen LogP contribution is -2.35. The average molecular weight is 461 g/mol. The molecule has 0 aliphatic carbocycles. The Morgan fingerprint density at radius 1 is 1.16 bits per heavy atom. The fourth-order valence-electron chi connectivity index (χ4n) is 4.66. The summed E-state index contributed by atoms with van der Waals surface area (Å²) in [6.07, 6.45) is 5.08. The van der Waals surface area contributed by atoms with Crippen LogP contribution in [0, 0.1) is 11.6 Å². The van der Waals surface area contributed by atoms with Gasteiger partial charge in [-0.2, -0.15) is 5.10 Å². The molecular weight excluding hydrogens is 438 g/mol. The number of fused-ring (bicyclic) bond motifs is 1. The van der Waals surface area contributed by atoms with Crippen LogP contribution in [0.4, 0.5) is 14.5 Å². The number of rotatable bonds is 4. The largest absolute Gasteiger partial charge is 0.364 e. The quantitative estimate of drug-likeness (QED) is 0.647. The molecule has 1 aromatic carbocycles. The van der Waals surface area contributed by atoms with Gasteiger partial charge in [0.15, 0.2) is 9.84 Å². The molecule has 32 heavy (non-hydrogen) atoms. The molecule has 5 rings (SSSR count). The van der Waals surface area contributed by atoms with Gasteiger partial charge in [-0.3, -0.25) is 4.79 Å². The number of aromatic nitrogens is 2. The van der Waals surface area contributed by atoms with Crippen LogP contribution in [0.2, 0.25) is 0 Å². The Morgan fingerprint density at radius 2 is 2.00 bits per heavy atom. The number of hydrogen-bond acceptors (Lipinski definition) is 5. The summed E-state index contributed by atoms with van der Waals surface area (Å²) in [7, 11) is -3.11. The molecule has 0 saturated carbocycles. The fraction of sp³-hybridized carbons (Fsp3) is 0.364. The van der Waals surface area contributed by atoms with Crippen LogP contribution >= 0.6 is 0 Å². The van der Waals surface area contributed by atoms with Crippen LogP contribution in [-0.4, -0.2) is 48.0 Å². The van der Waals surface area contributed by atoms with Crippen LogP contribution in [0.5, 0.6) is 0 Å². The van der Waals surface area contributed by atoms with Crippen LogP contribution < -0.4 is 10.2 Å². The van der Waals surface area contributed by atoms with Crippen molar-refractivity contribution in [2.75, 3.05) is 23.0 Å². The van der Waals surface area contributed by atoms with Crippen molar-refractivity contribution in [2.45, 2.75) is 31.3 Å². The normalized spacial score (nSPS) is 22.5. The first-order chi connectivity index (χ1) is 15.3. The van der Waals surface area contributed by atoms with E-state index in [9.17, 15) is 22.0 Å². The molecule has 2 aromatic heterocycles. The van der Waals surface area contributed by atoms with E-state index in [-0.39, 0.29) is 23.5 Å². The SMILES string of the molecule is O=C(NC1CCS(=O)(=O)C1)c1cnn2ccc(N3CCCC3c3cc(F)ccc3F)cc12. The Bertz CT molecular complexity index is 1310. The van der Waals surface area contributed by atoms with Gasteiger partial charge in [-0.15, -0.1) is 0 Å². The monoisotopic (exact) mass is 460 g/mol. The van der Waals surface area contributed by atoms with Gasteiger partial charge < -0.3 is 10.2 Å². The molecule has 2 saturated heterocycles. The number of amides is 1. The number of carbonyl (C=O) groups excluding carboxylic acids is 1. The zero-order valence-electron chi connectivity index (χ0n) is 17.2. The lowest BCUT2D eigenvalue weighted by Gasteiger charge is -2.27. The summed E-state index contributed by atoms with van der Waals surface area (Å²) in [5.74, 6) is -1.29. The number of hydrogen-bond donors (Lipinski definition) is 1. The van der Waals surface area contributed by atoms with Crippen LogP contribution in [-0.2, 0) is 9.84 Å². The van der Waals surface area contributed by atoms with E-state index < -0.39 is 27.5 Å². The Kier molecular flexibility index (Phi) is 5.11. The maximum atomic E-state index is 14.4. The summed E-state index contributed by atoms with van der Waals surface area (Å²) in [6, 6.07) is 6.42. The van der Waals surface area contributed by atoms with E-state index in [4.69, 9.17) is 0 Å². The molecule has 2 fully saturated rings. The first-order valence-electron chi connectivity index (χ1n) is 10.5. The third-order valence-electron chi connectivity index (χ3n) is 6.22. The molecule has 168 valence electrons. The third-order valence-corrected chi connectivity index (χ3v) is 7.99. The van der Waals surface area contributed by atoms with E-state index in [1.54, 1.807) is 10.7 Å². The molecule has 2 aliphatic heterocycles. The Labute approximate surface area is 183 Å². The number of sulfone groups is 1. The fourth-order valence-corrected chi connectivity index (χ4v) is 6.34. The second-order valence-electron chi connectivity index (χ2n) is 8.36. The topological polar surface area (TPSA) is 83.8 Å². The summed E-state index contributed by atoms with van der Waals surface area (Å²) in [6.45, 7) is 0.673. The highest BCUT2D eigenvalue weighted by molar-refractivity contribution is 7.91. The van der Waals surface area contributed by atoms with E-state index in [1.165, 1.54) is 12.3 Å². The van der Waals surface area contributed by atoms with Crippen LogP contribution in [0.3, 0.4) is 0 Å². The van der Waals surface area contributed by atoms with Crippen LogP contribution in [0.1, 0.15) is 41.2 Å². The molecule has 0 bridgehead atoms. The molecule has 1 amide bonds. The summed E-state index contributed by atoms with van der Waals surface area (Å²) >= 11 is 0. The molecule has 2 atom stereocenters. The predicted molar refractivity (Wildman–Crippen MR) is 115 cm³/mol. The molecule has 0 radical (unpaired) electrons. The maximum absolute atomic E-state index is 14.4. The van der Waals surface area contributed by atoms with E-state index in [1.807, 2.05) is 17.0 Å². The van der Waals surface area contributed by atoms with E-state index >= 15 is 0 Å². The van der Waals surface area contributed by atoms with Crippen LogP contribution in [0.15, 0.2) is 42.7 Å². The Hall–Kier alpha value is -3.01. The van der Waals surface area contributed by atoms with Gasteiger partial charge in [0.05, 0.1) is 34.8 Å². The molecule has 4 heterocycles. The second kappa shape index (κ2) is 7.84. The first-order valence-corrected chi connectivity index (χ1v) is 12.3. The Morgan fingerprint density at radius 3 is 2.78 bits per heavy atom. The van der Waals surface area contributed by atoms with Crippen LogP contribution in [0.25, 0.3) is 5.52 Å². The van der Waals surface area contributed by atoms with Crippen molar-refractivity contribution in [1.29, 1.82) is 0 Å². The van der Waals surface area contributed by atoms with E-state index in [2.05, 4.69) is 10.4 Å². The molecule has 2 unspecified atom stereocenters. The molecule has 0 spiro atoms. The molecule has 3 aromatic rings.